The van der Waals surface area contributed by atoms with E-state index in [4.69, 9.17) is 11.3 Å². The Morgan fingerprint density at radius 2 is 1.96 bits per heavy atom. The molecule has 0 aliphatic heterocycles. The van der Waals surface area contributed by atoms with Gasteiger partial charge in [-0.2, -0.15) is 9.78 Å². The van der Waals surface area contributed by atoms with Crippen LogP contribution in [0.1, 0.15) is 10.4 Å². The molecule has 0 aliphatic rings. The van der Waals surface area contributed by atoms with Crippen molar-refractivity contribution in [1.82, 2.24) is 20.0 Å². The van der Waals surface area contributed by atoms with Gasteiger partial charge in [-0.25, -0.2) is 0 Å². The third-order valence-corrected chi connectivity index (χ3v) is 3.11. The number of carbonyl (C=O) groups excluding carboxylic acids is 1. The SMILES string of the molecule is [N-]=[N+]=NC(=O)c1cnn(-c2ccc(-c3ccccc3)nn2)c1N. The lowest BCUT2D eigenvalue weighted by atomic mass is 10.1. The van der Waals surface area contributed by atoms with Crippen LogP contribution in [0.15, 0.2) is 53.8 Å². The molecule has 2 N–H and O–H groups in total. The lowest BCUT2D eigenvalue weighted by molar-refractivity contribution is 0.100. The van der Waals surface area contributed by atoms with Crippen molar-refractivity contribution in [3.05, 3.63) is 64.7 Å². The Bertz CT molecular complexity index is 894. The van der Waals surface area contributed by atoms with Crippen molar-refractivity contribution in [3.63, 3.8) is 0 Å². The molecule has 23 heavy (non-hydrogen) atoms. The third-order valence-electron chi connectivity index (χ3n) is 3.11. The number of carbonyl (C=O) groups is 1. The van der Waals surface area contributed by atoms with Crippen molar-refractivity contribution in [2.75, 3.05) is 5.73 Å². The summed E-state index contributed by atoms with van der Waals surface area (Å²) in [6, 6.07) is 13.0. The molecule has 0 bridgehead atoms. The normalized spacial score (nSPS) is 10.1. The molecule has 3 rings (SSSR count). The number of hydrogen-bond donors (Lipinski definition) is 1. The first-order valence-corrected chi connectivity index (χ1v) is 6.53. The average Bonchev–Trinajstić information content (AvgIpc) is 2.98. The first-order valence-electron chi connectivity index (χ1n) is 6.53. The molecular weight excluding hydrogens is 296 g/mol. The minimum absolute atomic E-state index is 0.0109. The molecule has 0 unspecified atom stereocenters. The first-order chi connectivity index (χ1) is 11.2. The number of nitrogen functional groups attached to an aromatic ring is 1. The van der Waals surface area contributed by atoms with E-state index in [0.717, 1.165) is 5.56 Å². The van der Waals surface area contributed by atoms with E-state index in [1.165, 1.54) is 10.9 Å². The highest BCUT2D eigenvalue weighted by Crippen LogP contribution is 2.19. The van der Waals surface area contributed by atoms with E-state index in [0.29, 0.717) is 11.5 Å². The Morgan fingerprint density at radius 1 is 1.17 bits per heavy atom. The summed E-state index contributed by atoms with van der Waals surface area (Å²) in [6.45, 7) is 0. The Morgan fingerprint density at radius 3 is 2.61 bits per heavy atom. The zero-order chi connectivity index (χ0) is 16.2. The second kappa shape index (κ2) is 5.96. The zero-order valence-corrected chi connectivity index (χ0v) is 11.7. The number of anilines is 1. The fourth-order valence-electron chi connectivity index (χ4n) is 2.00. The maximum absolute atomic E-state index is 11.6. The minimum Gasteiger partial charge on any atom is -0.383 e. The van der Waals surface area contributed by atoms with Gasteiger partial charge < -0.3 is 5.73 Å². The molecule has 0 saturated heterocycles. The maximum Gasteiger partial charge on any atom is 0.254 e. The topological polar surface area (TPSA) is 135 Å². The van der Waals surface area contributed by atoms with Crippen molar-refractivity contribution >= 4 is 11.7 Å². The lowest BCUT2D eigenvalue weighted by Crippen LogP contribution is -2.07. The Balaban J connectivity index is 1.94. The van der Waals surface area contributed by atoms with Crippen LogP contribution in [0.5, 0.6) is 0 Å². The molecule has 0 saturated carbocycles. The summed E-state index contributed by atoms with van der Waals surface area (Å²) < 4.78 is 1.25. The molecule has 112 valence electrons. The van der Waals surface area contributed by atoms with Gasteiger partial charge in [-0.1, -0.05) is 30.3 Å². The molecule has 0 radical (unpaired) electrons. The summed E-state index contributed by atoms with van der Waals surface area (Å²) in [5.41, 5.74) is 15.8. The standard InChI is InChI=1S/C14H10N8O/c15-13-10(14(23)20-21-16)8-17-22(13)12-7-6-11(18-19-12)9-4-2-1-3-5-9/h1-8H,15H2. The van der Waals surface area contributed by atoms with Crippen LogP contribution in [0.2, 0.25) is 0 Å². The Labute approximate surface area is 130 Å². The van der Waals surface area contributed by atoms with E-state index >= 15 is 0 Å². The third kappa shape index (κ3) is 2.71. The summed E-state index contributed by atoms with van der Waals surface area (Å²) in [5, 5.41) is 15.1. The van der Waals surface area contributed by atoms with E-state index in [1.807, 2.05) is 30.3 Å². The number of aromatic nitrogens is 4. The van der Waals surface area contributed by atoms with Crippen LogP contribution in [0.3, 0.4) is 0 Å². The van der Waals surface area contributed by atoms with Gasteiger partial charge in [0.05, 0.1) is 17.5 Å². The van der Waals surface area contributed by atoms with Crippen molar-refractivity contribution in [3.8, 4) is 17.1 Å². The molecule has 1 amide bonds. The number of azide groups is 1. The number of hydrogen-bond acceptors (Lipinski definition) is 5. The minimum atomic E-state index is -0.801. The zero-order valence-electron chi connectivity index (χ0n) is 11.7. The van der Waals surface area contributed by atoms with Crippen LogP contribution in [-0.2, 0) is 0 Å². The van der Waals surface area contributed by atoms with Gasteiger partial charge in [0.25, 0.3) is 5.91 Å². The van der Waals surface area contributed by atoms with Crippen molar-refractivity contribution in [2.24, 2.45) is 5.11 Å². The van der Waals surface area contributed by atoms with Gasteiger partial charge in [-0.05, 0) is 22.8 Å². The highest BCUT2D eigenvalue weighted by Gasteiger charge is 2.15. The molecule has 2 aromatic heterocycles. The second-order valence-electron chi connectivity index (χ2n) is 4.49. The molecule has 9 heteroatoms. The maximum atomic E-state index is 11.6. The molecule has 2 heterocycles. The molecule has 0 spiro atoms. The van der Waals surface area contributed by atoms with Crippen LogP contribution in [0.25, 0.3) is 27.5 Å². The van der Waals surface area contributed by atoms with Crippen molar-refractivity contribution in [2.45, 2.75) is 0 Å². The second-order valence-corrected chi connectivity index (χ2v) is 4.49. The summed E-state index contributed by atoms with van der Waals surface area (Å²) in [4.78, 5) is 14.0. The van der Waals surface area contributed by atoms with E-state index in [1.54, 1.807) is 12.1 Å². The van der Waals surface area contributed by atoms with E-state index in [9.17, 15) is 4.79 Å². The molecule has 0 atom stereocenters. The average molecular weight is 306 g/mol. The molecule has 0 aliphatic carbocycles. The Hall–Kier alpha value is -3.71. The fourth-order valence-corrected chi connectivity index (χ4v) is 2.00. The lowest BCUT2D eigenvalue weighted by Gasteiger charge is -2.04. The molecule has 0 fully saturated rings. The monoisotopic (exact) mass is 306 g/mol. The number of nitrogens with zero attached hydrogens (tertiary/aromatic N) is 7. The van der Waals surface area contributed by atoms with Crippen LogP contribution >= 0.6 is 0 Å². The number of benzene rings is 1. The highest BCUT2D eigenvalue weighted by atomic mass is 16.1. The summed E-state index contributed by atoms with van der Waals surface area (Å²) >= 11 is 0. The van der Waals surface area contributed by atoms with Crippen LogP contribution in [0, 0.1) is 0 Å². The molecular formula is C14H10N8O. The largest absolute Gasteiger partial charge is 0.383 e. The van der Waals surface area contributed by atoms with Gasteiger partial charge in [-0.3, -0.25) is 4.79 Å². The summed E-state index contributed by atoms with van der Waals surface area (Å²) in [6.07, 6.45) is 1.22. The van der Waals surface area contributed by atoms with Gasteiger partial charge >= 0.3 is 0 Å². The first kappa shape index (κ1) is 14.2. The predicted molar refractivity (Wildman–Crippen MR) is 82.5 cm³/mol. The van der Waals surface area contributed by atoms with Crippen molar-refractivity contribution in [1.29, 1.82) is 0 Å². The molecule has 3 aromatic rings. The molecule has 9 nitrogen and oxygen atoms in total. The van der Waals surface area contributed by atoms with Gasteiger partial charge in [-0.15, -0.1) is 10.2 Å². The van der Waals surface area contributed by atoms with E-state index in [2.05, 4.69) is 25.3 Å². The van der Waals surface area contributed by atoms with Gasteiger partial charge in [0, 0.05) is 10.5 Å². The Kier molecular flexibility index (Phi) is 3.69. The quantitative estimate of drug-likeness (QED) is 0.450. The summed E-state index contributed by atoms with van der Waals surface area (Å²) in [7, 11) is 0. The van der Waals surface area contributed by atoms with Gasteiger partial charge in [0.15, 0.2) is 5.82 Å². The predicted octanol–water partition coefficient (Wildman–Crippen LogP) is 2.36. The van der Waals surface area contributed by atoms with Gasteiger partial charge in [0.1, 0.15) is 5.82 Å². The van der Waals surface area contributed by atoms with Crippen LogP contribution in [0.4, 0.5) is 5.82 Å². The number of nitrogens with two attached hydrogens (primary N) is 1. The van der Waals surface area contributed by atoms with Crippen LogP contribution in [-0.4, -0.2) is 25.9 Å². The highest BCUT2D eigenvalue weighted by molar-refractivity contribution is 5.99. The van der Waals surface area contributed by atoms with Gasteiger partial charge in [0.2, 0.25) is 0 Å². The van der Waals surface area contributed by atoms with Crippen LogP contribution < -0.4 is 5.73 Å². The van der Waals surface area contributed by atoms with E-state index in [-0.39, 0.29) is 11.4 Å². The van der Waals surface area contributed by atoms with E-state index < -0.39 is 5.91 Å². The van der Waals surface area contributed by atoms with Crippen molar-refractivity contribution < 1.29 is 4.79 Å². The number of rotatable bonds is 3. The molecule has 1 aromatic carbocycles. The summed E-state index contributed by atoms with van der Waals surface area (Å²) in [5.74, 6) is -0.420. The smallest absolute Gasteiger partial charge is 0.254 e. The number of amides is 1. The fraction of sp³-hybridized carbons (Fsp3) is 0.